The Kier molecular flexibility index (Phi) is 2.85. The predicted molar refractivity (Wildman–Crippen MR) is 72.1 cm³/mol. The van der Waals surface area contributed by atoms with Crippen LogP contribution in [0.1, 0.15) is 28.8 Å². The summed E-state index contributed by atoms with van der Waals surface area (Å²) in [5.41, 5.74) is 2.85. The smallest absolute Gasteiger partial charge is 0.339 e. The van der Waals surface area contributed by atoms with E-state index in [1.807, 2.05) is 31.2 Å². The van der Waals surface area contributed by atoms with Gasteiger partial charge >= 0.3 is 5.97 Å². The van der Waals surface area contributed by atoms with Gasteiger partial charge in [0.05, 0.1) is 0 Å². The number of aromatic carboxylic acids is 1. The Morgan fingerprint density at radius 2 is 2.05 bits per heavy atom. The Bertz CT molecular complexity index is 610. The van der Waals surface area contributed by atoms with E-state index in [0.29, 0.717) is 11.6 Å². The lowest BCUT2D eigenvalue weighted by molar-refractivity contribution is 0.0697. The van der Waals surface area contributed by atoms with Crippen LogP contribution in [0.3, 0.4) is 0 Å². The SMILES string of the molecule is Cc1ccc(-c2nn(CC3CC3)cc2C(=O)O)cc1. The van der Waals surface area contributed by atoms with E-state index in [2.05, 4.69) is 5.10 Å². The molecule has 1 N–H and O–H groups in total. The third kappa shape index (κ3) is 2.52. The molecule has 0 bridgehead atoms. The van der Waals surface area contributed by atoms with Crippen LogP contribution in [0.15, 0.2) is 30.5 Å². The Morgan fingerprint density at radius 3 is 2.63 bits per heavy atom. The van der Waals surface area contributed by atoms with Crippen molar-refractivity contribution < 1.29 is 9.90 Å². The molecule has 0 aliphatic heterocycles. The van der Waals surface area contributed by atoms with Gasteiger partial charge in [-0.25, -0.2) is 4.79 Å². The van der Waals surface area contributed by atoms with Crippen LogP contribution >= 0.6 is 0 Å². The molecule has 1 aliphatic carbocycles. The molecule has 0 unspecified atom stereocenters. The fourth-order valence-corrected chi connectivity index (χ4v) is 2.16. The number of carboxylic acids is 1. The van der Waals surface area contributed by atoms with Crippen LogP contribution < -0.4 is 0 Å². The third-order valence-electron chi connectivity index (χ3n) is 3.46. The van der Waals surface area contributed by atoms with Crippen molar-refractivity contribution in [3.05, 3.63) is 41.6 Å². The summed E-state index contributed by atoms with van der Waals surface area (Å²) in [6, 6.07) is 7.79. The van der Waals surface area contributed by atoms with Crippen LogP contribution in [0.25, 0.3) is 11.3 Å². The lowest BCUT2D eigenvalue weighted by Gasteiger charge is -2.00. The monoisotopic (exact) mass is 256 g/mol. The van der Waals surface area contributed by atoms with Crippen LogP contribution in [0.2, 0.25) is 0 Å². The maximum Gasteiger partial charge on any atom is 0.339 e. The van der Waals surface area contributed by atoms with Crippen LogP contribution in [0.4, 0.5) is 0 Å². The summed E-state index contributed by atoms with van der Waals surface area (Å²) in [5.74, 6) is -0.245. The van der Waals surface area contributed by atoms with Gasteiger partial charge in [-0.05, 0) is 25.7 Å². The molecule has 0 saturated heterocycles. The number of nitrogens with zero attached hydrogens (tertiary/aromatic N) is 2. The molecule has 4 nitrogen and oxygen atoms in total. The first kappa shape index (κ1) is 12.0. The second-order valence-electron chi connectivity index (χ2n) is 5.23. The van der Waals surface area contributed by atoms with Crippen LogP contribution in [-0.2, 0) is 6.54 Å². The number of aryl methyl sites for hydroxylation is 1. The van der Waals surface area contributed by atoms with Crippen molar-refractivity contribution in [3.8, 4) is 11.3 Å². The number of benzene rings is 1. The highest BCUT2D eigenvalue weighted by atomic mass is 16.4. The number of carbonyl (C=O) groups is 1. The standard InChI is InChI=1S/C15H16N2O2/c1-10-2-6-12(7-3-10)14-13(15(18)19)9-17(16-14)8-11-4-5-11/h2-3,6-7,9,11H,4-5,8H2,1H3,(H,18,19). The molecule has 1 fully saturated rings. The van der Waals surface area contributed by atoms with Crippen molar-refractivity contribution in [2.75, 3.05) is 0 Å². The van der Waals surface area contributed by atoms with Crippen LogP contribution in [0, 0.1) is 12.8 Å². The summed E-state index contributed by atoms with van der Waals surface area (Å²) in [5, 5.41) is 13.7. The fraction of sp³-hybridized carbons (Fsp3) is 0.333. The van der Waals surface area contributed by atoms with Gasteiger partial charge in [-0.2, -0.15) is 5.10 Å². The lowest BCUT2D eigenvalue weighted by atomic mass is 10.1. The number of hydrogen-bond donors (Lipinski definition) is 1. The van der Waals surface area contributed by atoms with Crippen molar-refractivity contribution in [1.29, 1.82) is 0 Å². The predicted octanol–water partition coefficient (Wildman–Crippen LogP) is 2.97. The van der Waals surface area contributed by atoms with Gasteiger partial charge in [0, 0.05) is 18.3 Å². The van der Waals surface area contributed by atoms with Crippen LogP contribution in [-0.4, -0.2) is 20.9 Å². The average Bonchev–Trinajstić information content (AvgIpc) is 3.07. The normalized spacial score (nSPS) is 14.6. The molecular formula is C15H16N2O2. The van der Waals surface area contributed by atoms with Crippen molar-refractivity contribution in [3.63, 3.8) is 0 Å². The van der Waals surface area contributed by atoms with E-state index in [1.54, 1.807) is 10.9 Å². The molecule has 2 aromatic rings. The molecule has 19 heavy (non-hydrogen) atoms. The minimum Gasteiger partial charge on any atom is -0.478 e. The van der Waals surface area contributed by atoms with Gasteiger partial charge in [0.2, 0.25) is 0 Å². The molecule has 0 radical (unpaired) electrons. The van der Waals surface area contributed by atoms with E-state index in [9.17, 15) is 9.90 Å². The highest BCUT2D eigenvalue weighted by molar-refractivity contribution is 5.94. The zero-order valence-corrected chi connectivity index (χ0v) is 10.8. The Labute approximate surface area is 111 Å². The zero-order chi connectivity index (χ0) is 13.4. The zero-order valence-electron chi connectivity index (χ0n) is 10.8. The van der Waals surface area contributed by atoms with E-state index in [4.69, 9.17) is 0 Å². The van der Waals surface area contributed by atoms with Gasteiger partial charge in [0.15, 0.2) is 0 Å². The first-order valence-electron chi connectivity index (χ1n) is 6.51. The van der Waals surface area contributed by atoms with Crippen molar-refractivity contribution in [2.45, 2.75) is 26.3 Å². The van der Waals surface area contributed by atoms with Gasteiger partial charge in [-0.15, -0.1) is 0 Å². The van der Waals surface area contributed by atoms with Crippen molar-refractivity contribution in [1.82, 2.24) is 9.78 Å². The second-order valence-corrected chi connectivity index (χ2v) is 5.23. The Morgan fingerprint density at radius 1 is 1.37 bits per heavy atom. The molecule has 4 heteroatoms. The van der Waals surface area contributed by atoms with Gasteiger partial charge in [0.25, 0.3) is 0 Å². The molecule has 0 amide bonds. The molecule has 0 atom stereocenters. The van der Waals surface area contributed by atoms with Gasteiger partial charge in [-0.1, -0.05) is 29.8 Å². The summed E-state index contributed by atoms with van der Waals surface area (Å²) in [6.07, 6.45) is 4.10. The first-order chi connectivity index (χ1) is 9.13. The number of rotatable bonds is 4. The maximum absolute atomic E-state index is 11.3. The highest BCUT2D eigenvalue weighted by Crippen LogP contribution is 2.31. The van der Waals surface area contributed by atoms with E-state index in [1.165, 1.54) is 12.8 Å². The Hall–Kier alpha value is -2.10. The minimum atomic E-state index is -0.919. The highest BCUT2D eigenvalue weighted by Gasteiger charge is 2.24. The topological polar surface area (TPSA) is 55.1 Å². The van der Waals surface area contributed by atoms with Crippen molar-refractivity contribution >= 4 is 5.97 Å². The van der Waals surface area contributed by atoms with Crippen LogP contribution in [0.5, 0.6) is 0 Å². The maximum atomic E-state index is 11.3. The molecule has 0 spiro atoms. The van der Waals surface area contributed by atoms with E-state index in [-0.39, 0.29) is 5.56 Å². The number of aromatic nitrogens is 2. The molecule has 1 heterocycles. The first-order valence-corrected chi connectivity index (χ1v) is 6.51. The quantitative estimate of drug-likeness (QED) is 0.915. The van der Waals surface area contributed by atoms with Gasteiger partial charge in [0.1, 0.15) is 11.3 Å². The third-order valence-corrected chi connectivity index (χ3v) is 3.46. The fourth-order valence-electron chi connectivity index (χ4n) is 2.16. The molecule has 1 aromatic heterocycles. The molecule has 1 aromatic carbocycles. The van der Waals surface area contributed by atoms with Gasteiger partial charge in [-0.3, -0.25) is 4.68 Å². The molecule has 1 saturated carbocycles. The summed E-state index contributed by atoms with van der Waals surface area (Å²) < 4.78 is 1.77. The summed E-state index contributed by atoms with van der Waals surface area (Å²) in [7, 11) is 0. The largest absolute Gasteiger partial charge is 0.478 e. The summed E-state index contributed by atoms with van der Waals surface area (Å²) in [6.45, 7) is 2.83. The lowest BCUT2D eigenvalue weighted by Crippen LogP contribution is -2.00. The molecular weight excluding hydrogens is 240 g/mol. The molecule has 98 valence electrons. The van der Waals surface area contributed by atoms with E-state index in [0.717, 1.165) is 17.7 Å². The van der Waals surface area contributed by atoms with E-state index >= 15 is 0 Å². The second kappa shape index (κ2) is 4.53. The van der Waals surface area contributed by atoms with Gasteiger partial charge < -0.3 is 5.11 Å². The number of carboxylic acid groups (broad SMARTS) is 1. The summed E-state index contributed by atoms with van der Waals surface area (Å²) in [4.78, 5) is 11.3. The molecule has 3 rings (SSSR count). The van der Waals surface area contributed by atoms with E-state index < -0.39 is 5.97 Å². The number of hydrogen-bond acceptors (Lipinski definition) is 2. The molecule has 1 aliphatic rings. The minimum absolute atomic E-state index is 0.282. The summed E-state index contributed by atoms with van der Waals surface area (Å²) >= 11 is 0. The average molecular weight is 256 g/mol. The van der Waals surface area contributed by atoms with Crippen molar-refractivity contribution in [2.24, 2.45) is 5.92 Å². The Balaban J connectivity index is 1.99.